The molecule has 3 aromatic carbocycles. The molecule has 51 heavy (non-hydrogen) atoms. The third-order valence-corrected chi connectivity index (χ3v) is 9.37. The summed E-state index contributed by atoms with van der Waals surface area (Å²) in [6.45, 7) is 1.66. The molecule has 15 heteroatoms. The number of nitrogens with zero attached hydrogens (tertiary/aromatic N) is 2. The van der Waals surface area contributed by atoms with E-state index in [-0.39, 0.29) is 29.6 Å². The first-order valence-electron chi connectivity index (χ1n) is 16.4. The Morgan fingerprint density at radius 1 is 1.06 bits per heavy atom. The zero-order valence-corrected chi connectivity index (χ0v) is 29.8. The molecule has 0 bridgehead atoms. The summed E-state index contributed by atoms with van der Waals surface area (Å²) < 4.78 is 29.0. The Labute approximate surface area is 299 Å². The monoisotopic (exact) mass is 716 g/mol. The third kappa shape index (κ3) is 7.53. The van der Waals surface area contributed by atoms with Gasteiger partial charge < -0.3 is 34.3 Å². The first-order valence-corrected chi connectivity index (χ1v) is 17.8. The highest BCUT2D eigenvalue weighted by molar-refractivity contribution is 7.98. The van der Waals surface area contributed by atoms with Crippen molar-refractivity contribution in [1.82, 2.24) is 20.5 Å². The third-order valence-electron chi connectivity index (χ3n) is 8.72. The lowest BCUT2D eigenvalue weighted by Crippen LogP contribution is -2.36. The molecule has 0 spiro atoms. The molecule has 6 rings (SSSR count). The fourth-order valence-corrected chi connectivity index (χ4v) is 6.82. The van der Waals surface area contributed by atoms with Crippen LogP contribution in [-0.2, 0) is 16.0 Å². The van der Waals surface area contributed by atoms with Crippen LogP contribution in [0.5, 0.6) is 28.7 Å². The fourth-order valence-electron chi connectivity index (χ4n) is 6.34. The van der Waals surface area contributed by atoms with Crippen molar-refractivity contribution in [3.63, 3.8) is 0 Å². The molecule has 1 aromatic heterocycles. The maximum absolute atomic E-state index is 13.9. The van der Waals surface area contributed by atoms with E-state index in [1.165, 1.54) is 20.1 Å². The number of carbonyl (C=O) groups excluding carboxylic acids is 2. The molecule has 0 saturated carbocycles. The van der Waals surface area contributed by atoms with Gasteiger partial charge in [0.15, 0.2) is 34.9 Å². The quantitative estimate of drug-likeness (QED) is 0.160. The van der Waals surface area contributed by atoms with Crippen LogP contribution >= 0.6 is 11.8 Å². The zero-order valence-electron chi connectivity index (χ0n) is 29.0. The number of fused-ring (bicyclic) bond motifs is 4. The molecule has 0 saturated heterocycles. The Morgan fingerprint density at radius 3 is 2.57 bits per heavy atom. The molecule has 4 N–H and O–H groups in total. The Hall–Kier alpha value is -5.44. The Balaban J connectivity index is 1.31. The van der Waals surface area contributed by atoms with Gasteiger partial charge in [-0.2, -0.15) is 16.7 Å². The number of carbonyl (C=O) groups is 2. The predicted molar refractivity (Wildman–Crippen MR) is 193 cm³/mol. The van der Waals surface area contributed by atoms with E-state index in [1.54, 1.807) is 38.1 Å². The smallest absolute Gasteiger partial charge is 0.249 e. The molecule has 2 aliphatic rings. The number of ether oxygens (including phenoxy) is 5. The predicted octanol–water partition coefficient (Wildman–Crippen LogP) is 4.67. The summed E-state index contributed by atoms with van der Waals surface area (Å²) in [4.78, 5) is 44.4. The number of para-hydroxylation sites is 2. The molecule has 4 aromatic rings. The normalized spacial score (nSPS) is 16.4. The lowest BCUT2D eigenvalue weighted by molar-refractivity contribution is -0.120. The molecule has 3 atom stereocenters. The first kappa shape index (κ1) is 35.4. The van der Waals surface area contributed by atoms with E-state index in [1.807, 2.05) is 36.6 Å². The van der Waals surface area contributed by atoms with E-state index in [2.05, 4.69) is 31.1 Å². The number of anilines is 2. The molecular weight excluding hydrogens is 676 g/mol. The van der Waals surface area contributed by atoms with Gasteiger partial charge in [-0.3, -0.25) is 24.8 Å². The van der Waals surface area contributed by atoms with Gasteiger partial charge in [-0.15, -0.1) is 5.10 Å². The number of thioether (sulfide) groups is 1. The van der Waals surface area contributed by atoms with Crippen LogP contribution in [-0.4, -0.2) is 73.0 Å². The van der Waals surface area contributed by atoms with Crippen molar-refractivity contribution in [2.24, 2.45) is 0 Å². The SMILES string of the molecule is COc1cc2c(c(OC)c1OC)-c1ccc(N[C@@H](CCSC)C(=O)Nc3n[nH]c([C@@H]4COc5ccccc5O4)n3)c(=O)cc1[C@@H](NC(C)=O)CC2. The first-order chi connectivity index (χ1) is 24.7. The van der Waals surface area contributed by atoms with Gasteiger partial charge in [0, 0.05) is 12.5 Å². The minimum atomic E-state index is -0.812. The fraction of sp³-hybridized carbons (Fsp3) is 0.361. The molecule has 2 amide bonds. The minimum absolute atomic E-state index is 0.0623. The molecule has 0 fully saturated rings. The number of amides is 2. The zero-order chi connectivity index (χ0) is 36.1. The number of methoxy groups -OCH3 is 3. The summed E-state index contributed by atoms with van der Waals surface area (Å²) in [5, 5.41) is 16.0. The highest BCUT2D eigenvalue weighted by atomic mass is 32.2. The summed E-state index contributed by atoms with van der Waals surface area (Å²) >= 11 is 1.57. The van der Waals surface area contributed by atoms with Crippen molar-refractivity contribution < 1.29 is 33.3 Å². The van der Waals surface area contributed by atoms with Gasteiger partial charge in [-0.05, 0) is 78.3 Å². The summed E-state index contributed by atoms with van der Waals surface area (Å²) in [5.41, 5.74) is 2.78. The van der Waals surface area contributed by atoms with E-state index in [0.29, 0.717) is 70.7 Å². The number of benzene rings is 2. The van der Waals surface area contributed by atoms with Crippen molar-refractivity contribution in [3.8, 4) is 39.9 Å². The van der Waals surface area contributed by atoms with Crippen LogP contribution in [0.25, 0.3) is 11.1 Å². The average molecular weight is 717 g/mol. The lowest BCUT2D eigenvalue weighted by Gasteiger charge is -2.24. The van der Waals surface area contributed by atoms with Gasteiger partial charge in [0.2, 0.25) is 28.9 Å². The molecule has 0 radical (unpaired) electrons. The Kier molecular flexibility index (Phi) is 10.8. The minimum Gasteiger partial charge on any atom is -0.493 e. The summed E-state index contributed by atoms with van der Waals surface area (Å²) in [6, 6.07) is 12.9. The maximum Gasteiger partial charge on any atom is 0.249 e. The summed E-state index contributed by atoms with van der Waals surface area (Å²) in [5.74, 6) is 3.03. The van der Waals surface area contributed by atoms with Gasteiger partial charge in [0.05, 0.1) is 33.1 Å². The average Bonchev–Trinajstić information content (AvgIpc) is 3.48. The molecule has 2 heterocycles. The topological polar surface area (TPSA) is 175 Å². The number of aromatic nitrogens is 3. The van der Waals surface area contributed by atoms with Crippen LogP contribution in [0.3, 0.4) is 0 Å². The number of nitrogens with one attached hydrogen (secondary N) is 4. The second kappa shape index (κ2) is 15.6. The van der Waals surface area contributed by atoms with Crippen LogP contribution in [0.1, 0.15) is 48.9 Å². The van der Waals surface area contributed by atoms with Crippen molar-refractivity contribution in [2.45, 2.75) is 44.4 Å². The number of rotatable bonds is 12. The molecular formula is C36H40N6O8S. The number of hydrogen-bond acceptors (Lipinski definition) is 12. The highest BCUT2D eigenvalue weighted by Gasteiger charge is 2.31. The van der Waals surface area contributed by atoms with Crippen molar-refractivity contribution in [1.29, 1.82) is 0 Å². The Bertz CT molecular complexity index is 1990. The van der Waals surface area contributed by atoms with E-state index in [9.17, 15) is 14.4 Å². The highest BCUT2D eigenvalue weighted by Crippen LogP contribution is 2.50. The van der Waals surface area contributed by atoms with E-state index < -0.39 is 24.1 Å². The van der Waals surface area contributed by atoms with Crippen molar-refractivity contribution in [3.05, 3.63) is 75.7 Å². The van der Waals surface area contributed by atoms with Crippen LogP contribution in [0.15, 0.2) is 53.3 Å². The van der Waals surface area contributed by atoms with Crippen LogP contribution in [0.2, 0.25) is 0 Å². The van der Waals surface area contributed by atoms with Gasteiger partial charge in [-0.1, -0.05) is 18.2 Å². The second-order valence-corrected chi connectivity index (χ2v) is 13.0. The largest absolute Gasteiger partial charge is 0.493 e. The van der Waals surface area contributed by atoms with Gasteiger partial charge >= 0.3 is 0 Å². The molecule has 1 aliphatic heterocycles. The number of aromatic amines is 1. The van der Waals surface area contributed by atoms with Crippen LogP contribution in [0.4, 0.5) is 11.6 Å². The van der Waals surface area contributed by atoms with Crippen molar-refractivity contribution >= 4 is 35.2 Å². The van der Waals surface area contributed by atoms with Crippen LogP contribution < -0.4 is 45.1 Å². The molecule has 268 valence electrons. The molecule has 0 unspecified atom stereocenters. The summed E-state index contributed by atoms with van der Waals surface area (Å²) in [6.07, 6.45) is 2.89. The number of aryl methyl sites for hydroxylation is 1. The van der Waals surface area contributed by atoms with E-state index in [0.717, 1.165) is 11.1 Å². The lowest BCUT2D eigenvalue weighted by atomic mass is 9.95. The molecule has 1 aliphatic carbocycles. The van der Waals surface area contributed by atoms with E-state index >= 15 is 0 Å². The second-order valence-electron chi connectivity index (χ2n) is 12.0. The standard InChI is InChI=1S/C36H40N6O8S/c1-19(43)37-23-12-10-20-16-29(46-2)32(47-3)33(48-4)31(20)21-11-13-24(26(44)17-22(21)23)38-25(14-15-51-5)35(45)40-36-39-34(41-42-36)30-18-49-27-8-6-7-9-28(27)50-30/h6-9,11,13,16-17,23,25,30H,10,12,14-15,18H2,1-5H3,(H,37,43)(H,38,44)(H2,39,40,41,42,45)/t23-,25-,30-/m0/s1. The van der Waals surface area contributed by atoms with Gasteiger partial charge in [-0.25, -0.2) is 0 Å². The van der Waals surface area contributed by atoms with Crippen molar-refractivity contribution in [2.75, 3.05) is 50.6 Å². The number of hydrogen-bond donors (Lipinski definition) is 4. The maximum atomic E-state index is 13.9. The molecule has 14 nitrogen and oxygen atoms in total. The van der Waals surface area contributed by atoms with Gasteiger partial charge in [0.25, 0.3) is 0 Å². The summed E-state index contributed by atoms with van der Waals surface area (Å²) in [7, 11) is 4.63. The Morgan fingerprint density at radius 2 is 1.84 bits per heavy atom. The van der Waals surface area contributed by atoms with E-state index in [4.69, 9.17) is 23.7 Å². The van der Waals surface area contributed by atoms with Gasteiger partial charge in [0.1, 0.15) is 12.6 Å². The number of H-pyrrole nitrogens is 1. The van der Waals surface area contributed by atoms with Crippen LogP contribution in [0, 0.1) is 0 Å².